The van der Waals surface area contributed by atoms with Crippen LogP contribution in [0.15, 0.2) is 22.5 Å². The maximum atomic E-state index is 13.3. The molecule has 0 saturated heterocycles. The Balaban J connectivity index is 3.08. The quantitative estimate of drug-likeness (QED) is 0.0384. The predicted molar refractivity (Wildman–Crippen MR) is 152 cm³/mol. The van der Waals surface area contributed by atoms with E-state index in [1.165, 1.54) is 12.5 Å². The summed E-state index contributed by atoms with van der Waals surface area (Å²) in [6.45, 7) is 0.276. The summed E-state index contributed by atoms with van der Waals surface area (Å²) in [7, 11) is 0. The summed E-state index contributed by atoms with van der Waals surface area (Å²) < 4.78 is 0. The normalized spacial score (nSPS) is 13.5. The molecular formula is C23H41N13O6. The smallest absolute Gasteiger partial charge is 0.326 e. The van der Waals surface area contributed by atoms with Crippen LogP contribution in [0, 0.1) is 0 Å². The molecule has 4 atom stereocenters. The molecule has 4 amide bonds. The Morgan fingerprint density at radius 2 is 1.31 bits per heavy atom. The van der Waals surface area contributed by atoms with Crippen LogP contribution in [0.25, 0.3) is 0 Å². The highest BCUT2D eigenvalue weighted by molar-refractivity contribution is 5.94. The number of nitrogens with zero attached hydrogens (tertiary/aromatic N) is 3. The molecule has 0 aromatic carbocycles. The van der Waals surface area contributed by atoms with Crippen LogP contribution in [0.4, 0.5) is 0 Å². The van der Waals surface area contributed by atoms with Crippen molar-refractivity contribution in [3.05, 3.63) is 18.2 Å². The first-order chi connectivity index (χ1) is 19.8. The van der Waals surface area contributed by atoms with Crippen molar-refractivity contribution in [1.82, 2.24) is 25.9 Å². The second-order valence-corrected chi connectivity index (χ2v) is 9.31. The lowest BCUT2D eigenvalue weighted by atomic mass is 10.1. The van der Waals surface area contributed by atoms with Crippen LogP contribution < -0.4 is 50.4 Å². The highest BCUT2D eigenvalue weighted by Crippen LogP contribution is 2.07. The van der Waals surface area contributed by atoms with Crippen molar-refractivity contribution in [3.8, 4) is 0 Å². The van der Waals surface area contributed by atoms with E-state index in [0.717, 1.165) is 0 Å². The van der Waals surface area contributed by atoms with Crippen molar-refractivity contribution in [2.45, 2.75) is 69.1 Å². The SMILES string of the molecule is NC(=O)CCC(NC(=O)C(CCCN=C(N)N)NC(=O)C(CCCN=C(N)N)NC(=O)C(N)Cc1cnc[nH]1)C(=O)O. The number of imidazole rings is 1. The number of hydrogen-bond donors (Lipinski definition) is 11. The zero-order chi connectivity index (χ0) is 31.7. The second kappa shape index (κ2) is 18.4. The largest absolute Gasteiger partial charge is 0.480 e. The fourth-order valence-corrected chi connectivity index (χ4v) is 3.64. The highest BCUT2D eigenvalue weighted by atomic mass is 16.4. The summed E-state index contributed by atoms with van der Waals surface area (Å²) >= 11 is 0. The lowest BCUT2D eigenvalue weighted by molar-refractivity contribution is -0.142. The molecular weight excluding hydrogens is 554 g/mol. The summed E-state index contributed by atoms with van der Waals surface area (Å²) in [4.78, 5) is 76.4. The second-order valence-electron chi connectivity index (χ2n) is 9.31. The zero-order valence-electron chi connectivity index (χ0n) is 23.1. The van der Waals surface area contributed by atoms with Gasteiger partial charge in [0.15, 0.2) is 11.9 Å². The lowest BCUT2D eigenvalue weighted by Gasteiger charge is -2.25. The summed E-state index contributed by atoms with van der Waals surface area (Å²) in [6, 6.07) is -4.88. The average molecular weight is 596 g/mol. The first-order valence-corrected chi connectivity index (χ1v) is 13.1. The van der Waals surface area contributed by atoms with Crippen molar-refractivity contribution in [1.29, 1.82) is 0 Å². The van der Waals surface area contributed by atoms with Crippen LogP contribution in [0.5, 0.6) is 0 Å². The van der Waals surface area contributed by atoms with Gasteiger partial charge < -0.3 is 60.4 Å². The van der Waals surface area contributed by atoms with Crippen LogP contribution in [0.1, 0.15) is 44.2 Å². The Bertz CT molecular complexity index is 1100. The number of nitrogens with two attached hydrogens (primary N) is 6. The van der Waals surface area contributed by atoms with E-state index >= 15 is 0 Å². The molecule has 42 heavy (non-hydrogen) atoms. The number of aromatic amines is 1. The topological polar surface area (TPSA) is 351 Å². The third-order valence-corrected chi connectivity index (χ3v) is 5.78. The Labute approximate surface area is 241 Å². The number of aromatic nitrogens is 2. The van der Waals surface area contributed by atoms with Gasteiger partial charge in [-0.05, 0) is 32.1 Å². The Morgan fingerprint density at radius 3 is 1.74 bits per heavy atom. The van der Waals surface area contributed by atoms with Gasteiger partial charge in [-0.25, -0.2) is 9.78 Å². The van der Waals surface area contributed by atoms with E-state index in [-0.39, 0.29) is 70.0 Å². The lowest BCUT2D eigenvalue weighted by Crippen LogP contribution is -2.57. The summed E-state index contributed by atoms with van der Waals surface area (Å²) in [5, 5.41) is 16.9. The van der Waals surface area contributed by atoms with E-state index < -0.39 is 53.8 Å². The van der Waals surface area contributed by atoms with E-state index in [1.54, 1.807) is 0 Å². The molecule has 0 aliphatic carbocycles. The van der Waals surface area contributed by atoms with Gasteiger partial charge in [-0.1, -0.05) is 0 Å². The maximum Gasteiger partial charge on any atom is 0.326 e. The van der Waals surface area contributed by atoms with Gasteiger partial charge in [-0.2, -0.15) is 0 Å². The molecule has 1 heterocycles. The van der Waals surface area contributed by atoms with Crippen molar-refractivity contribution in [2.75, 3.05) is 13.1 Å². The molecule has 19 nitrogen and oxygen atoms in total. The van der Waals surface area contributed by atoms with Gasteiger partial charge in [-0.3, -0.25) is 29.2 Å². The van der Waals surface area contributed by atoms with Crippen molar-refractivity contribution < 1.29 is 29.1 Å². The minimum absolute atomic E-state index is 0.00448. The molecule has 1 aromatic heterocycles. The number of aliphatic imine (C=N–C) groups is 2. The number of hydrogen-bond acceptors (Lipinski definition) is 9. The molecule has 0 saturated carbocycles. The molecule has 0 bridgehead atoms. The Hall–Kier alpha value is -4.94. The minimum atomic E-state index is -1.45. The van der Waals surface area contributed by atoms with Crippen LogP contribution in [-0.2, 0) is 30.4 Å². The molecule has 0 aliphatic heterocycles. The number of H-pyrrole nitrogens is 1. The highest BCUT2D eigenvalue weighted by Gasteiger charge is 2.30. The van der Waals surface area contributed by atoms with E-state index in [2.05, 4.69) is 35.9 Å². The van der Waals surface area contributed by atoms with E-state index in [9.17, 15) is 29.1 Å². The van der Waals surface area contributed by atoms with Gasteiger partial charge in [0.2, 0.25) is 23.6 Å². The number of nitrogens with one attached hydrogen (secondary N) is 4. The molecule has 0 aliphatic rings. The number of aliphatic carboxylic acids is 1. The van der Waals surface area contributed by atoms with Crippen LogP contribution in [0.3, 0.4) is 0 Å². The number of carboxylic acid groups (broad SMARTS) is 1. The third-order valence-electron chi connectivity index (χ3n) is 5.78. The van der Waals surface area contributed by atoms with E-state index in [4.69, 9.17) is 34.4 Å². The molecule has 17 N–H and O–H groups in total. The molecule has 0 radical (unpaired) electrons. The fourth-order valence-electron chi connectivity index (χ4n) is 3.64. The van der Waals surface area contributed by atoms with Gasteiger partial charge in [0, 0.05) is 37.8 Å². The van der Waals surface area contributed by atoms with Crippen molar-refractivity contribution in [3.63, 3.8) is 0 Å². The summed E-state index contributed by atoms with van der Waals surface area (Å²) in [5.74, 6) is -4.69. The average Bonchev–Trinajstić information content (AvgIpc) is 3.41. The fraction of sp³-hybridized carbons (Fsp3) is 0.565. The van der Waals surface area contributed by atoms with Crippen LogP contribution in [0.2, 0.25) is 0 Å². The third kappa shape index (κ3) is 14.4. The van der Waals surface area contributed by atoms with Gasteiger partial charge in [-0.15, -0.1) is 0 Å². The number of carbonyl (C=O) groups is 5. The molecule has 4 unspecified atom stereocenters. The number of rotatable bonds is 20. The first-order valence-electron chi connectivity index (χ1n) is 13.1. The first kappa shape index (κ1) is 35.1. The van der Waals surface area contributed by atoms with Gasteiger partial charge in [0.1, 0.15) is 18.1 Å². The molecule has 0 spiro atoms. The molecule has 1 rings (SSSR count). The van der Waals surface area contributed by atoms with Crippen LogP contribution >= 0.6 is 0 Å². The van der Waals surface area contributed by atoms with Crippen molar-refractivity contribution in [2.24, 2.45) is 44.4 Å². The minimum Gasteiger partial charge on any atom is -0.480 e. The molecule has 0 fully saturated rings. The molecule has 1 aromatic rings. The number of primary amides is 1. The number of guanidine groups is 2. The number of carbonyl (C=O) groups excluding carboxylic acids is 4. The van der Waals surface area contributed by atoms with Crippen LogP contribution in [-0.4, -0.2) is 93.8 Å². The number of carboxylic acids is 1. The standard InChI is InChI=1S/C23H41N13O6/c24-13(9-12-10-30-11-33-12)18(38)34-14(3-1-7-31-22(26)27)19(39)35-15(4-2-8-32-23(28)29)20(40)36-16(21(41)42)5-6-17(25)37/h10-11,13-16H,1-9,24H2,(H2,25,37)(H,30,33)(H,34,38)(H,35,39)(H,36,40)(H,41,42)(H4,26,27,31)(H4,28,29,32). The molecule has 19 heteroatoms. The van der Waals surface area contributed by atoms with Gasteiger partial charge >= 0.3 is 5.97 Å². The van der Waals surface area contributed by atoms with E-state index in [0.29, 0.717) is 5.69 Å². The number of amides is 4. The zero-order valence-corrected chi connectivity index (χ0v) is 23.1. The predicted octanol–water partition coefficient (Wildman–Crippen LogP) is -4.81. The monoisotopic (exact) mass is 595 g/mol. The maximum absolute atomic E-state index is 13.3. The van der Waals surface area contributed by atoms with E-state index in [1.807, 2.05) is 0 Å². The molecule has 234 valence electrons. The Kier molecular flexibility index (Phi) is 15.4. The van der Waals surface area contributed by atoms with Gasteiger partial charge in [0.05, 0.1) is 12.4 Å². The summed E-state index contributed by atoms with van der Waals surface area (Å²) in [5.41, 5.74) is 33.1. The Morgan fingerprint density at radius 1 is 0.810 bits per heavy atom. The summed E-state index contributed by atoms with van der Waals surface area (Å²) in [6.07, 6.45) is 3.09. The van der Waals surface area contributed by atoms with Gasteiger partial charge in [0.25, 0.3) is 0 Å². The van der Waals surface area contributed by atoms with Crippen molar-refractivity contribution >= 4 is 41.5 Å².